The molecule has 0 bridgehead atoms. The number of hydrogen-bond acceptors (Lipinski definition) is 4. The third-order valence-corrected chi connectivity index (χ3v) is 6.41. The number of fused-ring (bicyclic) bond motifs is 1. The number of likely N-dealkylation sites (tertiary alicyclic amines) is 1. The van der Waals surface area contributed by atoms with Gasteiger partial charge in [-0.05, 0) is 37.5 Å². The van der Waals surface area contributed by atoms with Gasteiger partial charge < -0.3 is 9.64 Å². The molecule has 2 aliphatic heterocycles. The van der Waals surface area contributed by atoms with Crippen LogP contribution in [0.5, 0.6) is 0 Å². The first kappa shape index (κ1) is 19.9. The fraction of sp³-hybridized carbons (Fsp3) is 0.400. The van der Waals surface area contributed by atoms with E-state index in [0.29, 0.717) is 18.9 Å². The van der Waals surface area contributed by atoms with Crippen LogP contribution < -0.4 is 0 Å². The Balaban J connectivity index is 1.33. The maximum atomic E-state index is 12.8. The summed E-state index contributed by atoms with van der Waals surface area (Å²) in [5.74, 6) is 1.42. The molecular formula is C25H28N4O2. The van der Waals surface area contributed by atoms with Crippen molar-refractivity contribution >= 4 is 5.91 Å². The van der Waals surface area contributed by atoms with Crippen LogP contribution in [0.2, 0.25) is 0 Å². The number of hydrogen-bond donors (Lipinski definition) is 0. The predicted octanol–water partition coefficient (Wildman–Crippen LogP) is 3.60. The second kappa shape index (κ2) is 8.63. The first-order valence-corrected chi connectivity index (χ1v) is 11.1. The summed E-state index contributed by atoms with van der Waals surface area (Å²) >= 11 is 0. The van der Waals surface area contributed by atoms with E-state index in [1.165, 1.54) is 16.8 Å². The molecule has 31 heavy (non-hydrogen) atoms. The van der Waals surface area contributed by atoms with Gasteiger partial charge in [-0.3, -0.25) is 4.79 Å². The molecule has 1 fully saturated rings. The molecule has 0 aliphatic carbocycles. The Morgan fingerprint density at radius 1 is 1.13 bits per heavy atom. The quantitative estimate of drug-likeness (QED) is 0.652. The summed E-state index contributed by atoms with van der Waals surface area (Å²) in [5, 5.41) is 4.91. The van der Waals surface area contributed by atoms with Crippen LogP contribution >= 0.6 is 0 Å². The Labute approximate surface area is 182 Å². The van der Waals surface area contributed by atoms with Gasteiger partial charge in [0.25, 0.3) is 0 Å². The van der Waals surface area contributed by atoms with E-state index in [4.69, 9.17) is 9.84 Å². The molecule has 1 saturated heterocycles. The number of ether oxygens (including phenoxy) is 1. The van der Waals surface area contributed by atoms with E-state index in [-0.39, 0.29) is 5.91 Å². The summed E-state index contributed by atoms with van der Waals surface area (Å²) in [6, 6.07) is 14.2. The van der Waals surface area contributed by atoms with Crippen LogP contribution in [0.1, 0.15) is 46.8 Å². The number of benzene rings is 1. The van der Waals surface area contributed by atoms with Crippen molar-refractivity contribution in [3.05, 3.63) is 76.7 Å². The summed E-state index contributed by atoms with van der Waals surface area (Å²) in [5.41, 5.74) is 5.87. The van der Waals surface area contributed by atoms with Crippen molar-refractivity contribution in [3.63, 3.8) is 0 Å². The van der Waals surface area contributed by atoms with Gasteiger partial charge in [0, 0.05) is 37.2 Å². The Kier molecular flexibility index (Phi) is 5.55. The Hall–Kier alpha value is -2.99. The molecular weight excluding hydrogens is 388 g/mol. The largest absolute Gasteiger partial charge is 0.376 e. The number of carbonyl (C=O) groups excluding carboxylic acids is 1. The zero-order valence-electron chi connectivity index (χ0n) is 18.0. The second-order valence-electron chi connectivity index (χ2n) is 8.53. The number of rotatable bonds is 4. The molecule has 0 N–H and O–H groups in total. The molecule has 4 heterocycles. The van der Waals surface area contributed by atoms with Crippen LogP contribution in [0.4, 0.5) is 0 Å². The van der Waals surface area contributed by atoms with Gasteiger partial charge in [-0.2, -0.15) is 5.10 Å². The van der Waals surface area contributed by atoms with Gasteiger partial charge in [-0.1, -0.05) is 35.9 Å². The lowest BCUT2D eigenvalue weighted by atomic mass is 9.89. The van der Waals surface area contributed by atoms with E-state index in [2.05, 4.69) is 36.2 Å². The standard InChI is InChI=1S/C25H28N4O2/c1-18-5-7-19(8-6-18)16-24(30)28-13-9-20(10-14-28)25-21-17-31-15-11-22(21)27-29(25)23-4-2-3-12-26-23/h2-8,12,20H,9-11,13-17H2,1H3. The Morgan fingerprint density at radius 3 is 2.68 bits per heavy atom. The van der Waals surface area contributed by atoms with Gasteiger partial charge >= 0.3 is 0 Å². The maximum Gasteiger partial charge on any atom is 0.226 e. The number of pyridine rings is 1. The highest BCUT2D eigenvalue weighted by molar-refractivity contribution is 5.78. The van der Waals surface area contributed by atoms with E-state index in [0.717, 1.165) is 56.0 Å². The lowest BCUT2D eigenvalue weighted by Crippen LogP contribution is -2.39. The lowest BCUT2D eigenvalue weighted by molar-refractivity contribution is -0.131. The third-order valence-electron chi connectivity index (χ3n) is 6.41. The van der Waals surface area contributed by atoms with Crippen LogP contribution in [0.15, 0.2) is 48.7 Å². The maximum absolute atomic E-state index is 12.8. The van der Waals surface area contributed by atoms with Crippen LogP contribution in [-0.2, 0) is 29.0 Å². The monoisotopic (exact) mass is 416 g/mol. The molecule has 0 saturated carbocycles. The Morgan fingerprint density at radius 2 is 1.94 bits per heavy atom. The van der Waals surface area contributed by atoms with Crippen molar-refractivity contribution in [2.24, 2.45) is 0 Å². The molecule has 2 aromatic heterocycles. The smallest absolute Gasteiger partial charge is 0.226 e. The minimum Gasteiger partial charge on any atom is -0.376 e. The molecule has 1 amide bonds. The van der Waals surface area contributed by atoms with Gasteiger partial charge in [-0.15, -0.1) is 0 Å². The molecule has 3 aromatic rings. The Bertz CT molecular complexity index is 1050. The normalized spacial score (nSPS) is 16.9. The predicted molar refractivity (Wildman–Crippen MR) is 118 cm³/mol. The number of aryl methyl sites for hydroxylation is 1. The average Bonchev–Trinajstić information content (AvgIpc) is 3.21. The highest BCUT2D eigenvalue weighted by Crippen LogP contribution is 2.35. The first-order valence-electron chi connectivity index (χ1n) is 11.1. The summed E-state index contributed by atoms with van der Waals surface area (Å²) in [6.07, 6.45) is 4.99. The number of piperidine rings is 1. The topological polar surface area (TPSA) is 60.2 Å². The van der Waals surface area contributed by atoms with E-state index in [9.17, 15) is 4.79 Å². The minimum atomic E-state index is 0.214. The molecule has 0 unspecified atom stereocenters. The first-order chi connectivity index (χ1) is 15.2. The lowest BCUT2D eigenvalue weighted by Gasteiger charge is -2.33. The van der Waals surface area contributed by atoms with Gasteiger partial charge in [0.2, 0.25) is 5.91 Å². The minimum absolute atomic E-state index is 0.214. The van der Waals surface area contributed by atoms with Gasteiger partial charge in [-0.25, -0.2) is 9.67 Å². The summed E-state index contributed by atoms with van der Waals surface area (Å²) < 4.78 is 7.79. The SMILES string of the molecule is Cc1ccc(CC(=O)N2CCC(c3c4c(nn3-c3ccccn3)CCOC4)CC2)cc1. The molecule has 6 heteroatoms. The van der Waals surface area contributed by atoms with Crippen LogP contribution in [0.3, 0.4) is 0 Å². The van der Waals surface area contributed by atoms with Crippen LogP contribution in [0.25, 0.3) is 5.82 Å². The highest BCUT2D eigenvalue weighted by atomic mass is 16.5. The van der Waals surface area contributed by atoms with Crippen molar-refractivity contribution in [1.82, 2.24) is 19.7 Å². The molecule has 0 radical (unpaired) electrons. The summed E-state index contributed by atoms with van der Waals surface area (Å²) in [7, 11) is 0. The summed E-state index contributed by atoms with van der Waals surface area (Å²) in [4.78, 5) is 19.4. The number of amides is 1. The molecule has 5 rings (SSSR count). The fourth-order valence-corrected chi connectivity index (χ4v) is 4.68. The molecule has 1 aromatic carbocycles. The van der Waals surface area contributed by atoms with Crippen molar-refractivity contribution in [1.29, 1.82) is 0 Å². The van der Waals surface area contributed by atoms with Crippen molar-refractivity contribution in [2.75, 3.05) is 19.7 Å². The molecule has 6 nitrogen and oxygen atoms in total. The number of aromatic nitrogens is 3. The number of nitrogens with zero attached hydrogens (tertiary/aromatic N) is 4. The fourth-order valence-electron chi connectivity index (χ4n) is 4.68. The van der Waals surface area contributed by atoms with E-state index >= 15 is 0 Å². The van der Waals surface area contributed by atoms with E-state index in [1.807, 2.05) is 34.0 Å². The van der Waals surface area contributed by atoms with Gasteiger partial charge in [0.05, 0.1) is 31.0 Å². The van der Waals surface area contributed by atoms with Crippen LogP contribution in [-0.4, -0.2) is 45.3 Å². The van der Waals surface area contributed by atoms with Crippen molar-refractivity contribution in [2.45, 2.75) is 45.1 Å². The number of carbonyl (C=O) groups is 1. The molecule has 0 atom stereocenters. The van der Waals surface area contributed by atoms with Crippen LogP contribution in [0, 0.1) is 6.92 Å². The van der Waals surface area contributed by atoms with E-state index < -0.39 is 0 Å². The second-order valence-corrected chi connectivity index (χ2v) is 8.53. The zero-order valence-corrected chi connectivity index (χ0v) is 18.0. The van der Waals surface area contributed by atoms with Crippen molar-refractivity contribution in [3.8, 4) is 5.82 Å². The summed E-state index contributed by atoms with van der Waals surface area (Å²) in [6.45, 7) is 4.95. The average molecular weight is 417 g/mol. The molecule has 160 valence electrons. The van der Waals surface area contributed by atoms with Crippen molar-refractivity contribution < 1.29 is 9.53 Å². The zero-order chi connectivity index (χ0) is 21.2. The third kappa shape index (κ3) is 4.12. The highest BCUT2D eigenvalue weighted by Gasteiger charge is 2.31. The molecule has 0 spiro atoms. The van der Waals surface area contributed by atoms with E-state index in [1.54, 1.807) is 0 Å². The van der Waals surface area contributed by atoms with Gasteiger partial charge in [0.15, 0.2) is 5.82 Å². The van der Waals surface area contributed by atoms with Gasteiger partial charge in [0.1, 0.15) is 0 Å². The molecule has 2 aliphatic rings.